The van der Waals surface area contributed by atoms with E-state index < -0.39 is 0 Å². The second kappa shape index (κ2) is 6.00. The summed E-state index contributed by atoms with van der Waals surface area (Å²) in [7, 11) is 0. The number of aromatic nitrogens is 2. The summed E-state index contributed by atoms with van der Waals surface area (Å²) < 4.78 is 1.06. The molecule has 0 aromatic carbocycles. The minimum Gasteiger partial charge on any atom is -0.351 e. The topological polar surface area (TPSA) is 37.8 Å². The van der Waals surface area contributed by atoms with Gasteiger partial charge in [0.15, 0.2) is 0 Å². The van der Waals surface area contributed by atoms with Gasteiger partial charge in [0.2, 0.25) is 5.95 Å². The Bertz CT molecular complexity index is 331. The fraction of sp³-hybridized carbons (Fsp3) is 0.636. The smallest absolute Gasteiger partial charge is 0.222 e. The molecule has 2 atom stereocenters. The van der Waals surface area contributed by atoms with Crippen LogP contribution in [0.2, 0.25) is 0 Å². The average molecular weight is 352 g/mol. The highest BCUT2D eigenvalue weighted by Gasteiger charge is 2.24. The van der Waals surface area contributed by atoms with E-state index in [-0.39, 0.29) is 0 Å². The molecule has 1 aliphatic carbocycles. The zero-order valence-electron chi connectivity index (χ0n) is 9.00. The second-order valence-corrected chi connectivity index (χ2v) is 5.73. The highest BCUT2D eigenvalue weighted by atomic mass is 127. The number of nitrogens with zero attached hydrogens (tertiary/aromatic N) is 2. The SMILES string of the molecule is ClCC1CCCCC1Nc1ncc(I)cn1. The Morgan fingerprint density at radius 1 is 1.31 bits per heavy atom. The summed E-state index contributed by atoms with van der Waals surface area (Å²) in [5.74, 6) is 2.00. The molecule has 0 amide bonds. The van der Waals surface area contributed by atoms with Gasteiger partial charge < -0.3 is 5.32 Å². The number of hydrogen-bond acceptors (Lipinski definition) is 3. The Labute approximate surface area is 115 Å². The van der Waals surface area contributed by atoms with E-state index in [2.05, 4.69) is 37.9 Å². The van der Waals surface area contributed by atoms with Crippen LogP contribution in [0.5, 0.6) is 0 Å². The molecule has 1 saturated carbocycles. The maximum atomic E-state index is 5.98. The summed E-state index contributed by atoms with van der Waals surface area (Å²) in [6.45, 7) is 0. The summed E-state index contributed by atoms with van der Waals surface area (Å²) in [5, 5.41) is 3.40. The number of halogens is 2. The van der Waals surface area contributed by atoms with Gasteiger partial charge in [-0.2, -0.15) is 0 Å². The standard InChI is InChI=1S/C11H15ClIN3/c12-5-8-3-1-2-4-10(8)16-11-14-6-9(13)7-15-11/h6-8,10H,1-5H2,(H,14,15,16). The molecule has 0 saturated heterocycles. The quantitative estimate of drug-likeness (QED) is 0.671. The van der Waals surface area contributed by atoms with E-state index in [0.29, 0.717) is 12.0 Å². The Balaban J connectivity index is 1.99. The zero-order valence-corrected chi connectivity index (χ0v) is 11.9. The molecular weight excluding hydrogens is 336 g/mol. The van der Waals surface area contributed by atoms with Crippen molar-refractivity contribution in [3.05, 3.63) is 16.0 Å². The molecule has 1 aromatic rings. The molecule has 0 radical (unpaired) electrons. The molecule has 1 heterocycles. The van der Waals surface area contributed by atoms with Gasteiger partial charge in [-0.1, -0.05) is 12.8 Å². The Morgan fingerprint density at radius 3 is 2.69 bits per heavy atom. The third-order valence-electron chi connectivity index (χ3n) is 3.04. The van der Waals surface area contributed by atoms with Crippen LogP contribution in [0.3, 0.4) is 0 Å². The van der Waals surface area contributed by atoms with E-state index in [9.17, 15) is 0 Å². The maximum absolute atomic E-state index is 5.98. The lowest BCUT2D eigenvalue weighted by atomic mass is 9.86. The third kappa shape index (κ3) is 3.20. The largest absolute Gasteiger partial charge is 0.351 e. The van der Waals surface area contributed by atoms with Crippen molar-refractivity contribution in [2.45, 2.75) is 31.7 Å². The Morgan fingerprint density at radius 2 is 2.00 bits per heavy atom. The van der Waals surface area contributed by atoms with E-state index in [4.69, 9.17) is 11.6 Å². The van der Waals surface area contributed by atoms with Gasteiger partial charge in [-0.15, -0.1) is 11.6 Å². The van der Waals surface area contributed by atoms with Crippen molar-refractivity contribution >= 4 is 40.1 Å². The van der Waals surface area contributed by atoms with Crippen molar-refractivity contribution in [1.29, 1.82) is 0 Å². The maximum Gasteiger partial charge on any atom is 0.222 e. The first-order valence-electron chi connectivity index (χ1n) is 5.59. The molecule has 3 nitrogen and oxygen atoms in total. The van der Waals surface area contributed by atoms with E-state index in [1.165, 1.54) is 25.7 Å². The molecule has 1 aromatic heterocycles. The molecule has 1 aliphatic rings. The number of alkyl halides is 1. The van der Waals surface area contributed by atoms with Crippen LogP contribution in [0, 0.1) is 9.49 Å². The van der Waals surface area contributed by atoms with Crippen LogP contribution in [0.4, 0.5) is 5.95 Å². The normalized spacial score (nSPS) is 25.4. The van der Waals surface area contributed by atoms with Gasteiger partial charge in [-0.25, -0.2) is 9.97 Å². The second-order valence-electron chi connectivity index (χ2n) is 4.17. The molecular formula is C11H15ClIN3. The first kappa shape index (κ1) is 12.4. The Kier molecular flexibility index (Phi) is 4.64. The summed E-state index contributed by atoms with van der Waals surface area (Å²) in [4.78, 5) is 8.54. The van der Waals surface area contributed by atoms with Gasteiger partial charge in [0.25, 0.3) is 0 Å². The first-order chi connectivity index (χ1) is 7.79. The van der Waals surface area contributed by atoms with Crippen LogP contribution < -0.4 is 5.32 Å². The van der Waals surface area contributed by atoms with E-state index in [0.717, 1.165) is 15.4 Å². The average Bonchev–Trinajstić information content (AvgIpc) is 2.33. The van der Waals surface area contributed by atoms with Crippen molar-refractivity contribution in [2.24, 2.45) is 5.92 Å². The van der Waals surface area contributed by atoms with Gasteiger partial charge in [0.05, 0.1) is 0 Å². The van der Waals surface area contributed by atoms with Gasteiger partial charge in [0, 0.05) is 27.9 Å². The minimum atomic E-state index is 0.436. The molecule has 0 aliphatic heterocycles. The molecule has 0 bridgehead atoms. The zero-order chi connectivity index (χ0) is 11.4. The lowest BCUT2D eigenvalue weighted by Gasteiger charge is -2.30. The molecule has 5 heteroatoms. The molecule has 2 unspecified atom stereocenters. The molecule has 1 fully saturated rings. The van der Waals surface area contributed by atoms with E-state index in [1.54, 1.807) is 0 Å². The minimum absolute atomic E-state index is 0.436. The molecule has 1 N–H and O–H groups in total. The summed E-state index contributed by atoms with van der Waals surface area (Å²) in [6, 6.07) is 0.436. The van der Waals surface area contributed by atoms with Crippen molar-refractivity contribution < 1.29 is 0 Å². The highest BCUT2D eigenvalue weighted by Crippen LogP contribution is 2.27. The van der Waals surface area contributed by atoms with Crippen LogP contribution >= 0.6 is 34.2 Å². The van der Waals surface area contributed by atoms with Crippen molar-refractivity contribution in [3.63, 3.8) is 0 Å². The van der Waals surface area contributed by atoms with Crippen LogP contribution in [0.1, 0.15) is 25.7 Å². The van der Waals surface area contributed by atoms with Gasteiger partial charge >= 0.3 is 0 Å². The molecule has 88 valence electrons. The molecule has 16 heavy (non-hydrogen) atoms. The van der Waals surface area contributed by atoms with Gasteiger partial charge in [-0.3, -0.25) is 0 Å². The third-order valence-corrected chi connectivity index (χ3v) is 4.00. The summed E-state index contributed by atoms with van der Waals surface area (Å²) >= 11 is 8.19. The van der Waals surface area contributed by atoms with Crippen LogP contribution in [-0.2, 0) is 0 Å². The van der Waals surface area contributed by atoms with E-state index in [1.807, 2.05) is 12.4 Å². The van der Waals surface area contributed by atoms with Crippen LogP contribution in [-0.4, -0.2) is 21.9 Å². The lowest BCUT2D eigenvalue weighted by molar-refractivity contribution is 0.352. The molecule has 2 rings (SSSR count). The fourth-order valence-electron chi connectivity index (χ4n) is 2.14. The number of rotatable bonds is 3. The number of hydrogen-bond donors (Lipinski definition) is 1. The fourth-order valence-corrected chi connectivity index (χ4v) is 2.78. The predicted octanol–water partition coefficient (Wildman–Crippen LogP) is 3.29. The Hall–Kier alpha value is -0.100. The van der Waals surface area contributed by atoms with Crippen molar-refractivity contribution in [1.82, 2.24) is 9.97 Å². The first-order valence-corrected chi connectivity index (χ1v) is 7.21. The van der Waals surface area contributed by atoms with Crippen molar-refractivity contribution in [3.8, 4) is 0 Å². The number of anilines is 1. The van der Waals surface area contributed by atoms with Crippen LogP contribution in [0.15, 0.2) is 12.4 Å². The summed E-state index contributed by atoms with van der Waals surface area (Å²) in [5.41, 5.74) is 0. The van der Waals surface area contributed by atoms with Gasteiger partial charge in [-0.05, 0) is 41.4 Å². The lowest BCUT2D eigenvalue weighted by Crippen LogP contribution is -2.33. The predicted molar refractivity (Wildman–Crippen MR) is 74.8 cm³/mol. The monoisotopic (exact) mass is 351 g/mol. The van der Waals surface area contributed by atoms with Gasteiger partial charge in [0.1, 0.15) is 0 Å². The van der Waals surface area contributed by atoms with Crippen molar-refractivity contribution in [2.75, 3.05) is 11.2 Å². The van der Waals surface area contributed by atoms with Crippen LogP contribution in [0.25, 0.3) is 0 Å². The summed E-state index contributed by atoms with van der Waals surface area (Å²) in [6.07, 6.45) is 8.61. The highest BCUT2D eigenvalue weighted by molar-refractivity contribution is 14.1. The molecule has 0 spiro atoms. The number of nitrogens with one attached hydrogen (secondary N) is 1. The van der Waals surface area contributed by atoms with E-state index >= 15 is 0 Å².